The second-order valence-electron chi connectivity index (χ2n) is 6.37. The van der Waals surface area contributed by atoms with Crippen LogP contribution in [0.2, 0.25) is 0 Å². The number of hydrogen-bond acceptors (Lipinski definition) is 1. The topological polar surface area (TPSA) is 34.0 Å². The number of halogens is 1. The number of nitrogens with zero attached hydrogens (tertiary/aromatic N) is 1. The highest BCUT2D eigenvalue weighted by molar-refractivity contribution is 5.86. The highest BCUT2D eigenvalue weighted by Crippen LogP contribution is 2.34. The summed E-state index contributed by atoms with van der Waals surface area (Å²) in [7, 11) is 1.99. The Bertz CT molecular complexity index is 884. The van der Waals surface area contributed by atoms with E-state index in [9.17, 15) is 9.18 Å². The normalized spacial score (nSPS) is 12.3. The molecular weight excluding hydrogens is 315 g/mol. The molecule has 0 unspecified atom stereocenters. The Labute approximate surface area is 147 Å². The fourth-order valence-electron chi connectivity index (χ4n) is 3.30. The molecule has 0 fully saturated rings. The Morgan fingerprint density at radius 2 is 2.00 bits per heavy atom. The van der Waals surface area contributed by atoms with Crippen LogP contribution in [-0.2, 0) is 11.8 Å². The van der Waals surface area contributed by atoms with Crippen molar-refractivity contribution in [3.8, 4) is 0 Å². The van der Waals surface area contributed by atoms with E-state index in [0.717, 1.165) is 28.5 Å². The van der Waals surface area contributed by atoms with E-state index in [1.54, 1.807) is 6.07 Å². The molecule has 3 aromatic rings. The van der Waals surface area contributed by atoms with Crippen LogP contribution in [0.5, 0.6) is 0 Å². The zero-order chi connectivity index (χ0) is 17.8. The molecule has 25 heavy (non-hydrogen) atoms. The number of benzene rings is 2. The van der Waals surface area contributed by atoms with Crippen LogP contribution in [0, 0.1) is 5.82 Å². The standard InChI is InChI=1S/C21H23FN2O/c1-3-11-23-21(25)13-18(15-7-6-8-16(22)12-15)19-14-24(2)20-10-5-4-9-17(19)20/h4-10,12,14,18H,3,11,13H2,1-2H3,(H,23,25)/t18-/m1/s1. The zero-order valence-electron chi connectivity index (χ0n) is 14.6. The van der Waals surface area contributed by atoms with Gasteiger partial charge in [-0.25, -0.2) is 4.39 Å². The molecule has 2 aromatic carbocycles. The SMILES string of the molecule is CCCNC(=O)C[C@H](c1cccc(F)c1)c1cn(C)c2ccccc12. The van der Waals surface area contributed by atoms with Gasteiger partial charge in [-0.3, -0.25) is 4.79 Å². The van der Waals surface area contributed by atoms with Crippen LogP contribution in [0.25, 0.3) is 10.9 Å². The lowest BCUT2D eigenvalue weighted by Crippen LogP contribution is -2.26. The summed E-state index contributed by atoms with van der Waals surface area (Å²) in [5.41, 5.74) is 2.98. The molecule has 1 atom stereocenters. The zero-order valence-corrected chi connectivity index (χ0v) is 14.6. The van der Waals surface area contributed by atoms with E-state index in [-0.39, 0.29) is 17.6 Å². The number of fused-ring (bicyclic) bond motifs is 1. The third-order valence-electron chi connectivity index (χ3n) is 4.52. The summed E-state index contributed by atoms with van der Waals surface area (Å²) in [4.78, 5) is 12.4. The largest absolute Gasteiger partial charge is 0.356 e. The number of hydrogen-bond donors (Lipinski definition) is 1. The van der Waals surface area contributed by atoms with Crippen molar-refractivity contribution in [1.29, 1.82) is 0 Å². The first-order valence-electron chi connectivity index (χ1n) is 8.66. The number of carbonyl (C=O) groups excluding carboxylic acids is 1. The number of nitrogens with one attached hydrogen (secondary N) is 1. The first-order valence-corrected chi connectivity index (χ1v) is 8.66. The highest BCUT2D eigenvalue weighted by atomic mass is 19.1. The molecule has 0 saturated carbocycles. The van der Waals surface area contributed by atoms with Gasteiger partial charge < -0.3 is 9.88 Å². The van der Waals surface area contributed by atoms with E-state index in [1.165, 1.54) is 12.1 Å². The Hall–Kier alpha value is -2.62. The maximum Gasteiger partial charge on any atom is 0.220 e. The van der Waals surface area contributed by atoms with Crippen molar-refractivity contribution in [2.24, 2.45) is 7.05 Å². The van der Waals surface area contributed by atoms with Crippen molar-refractivity contribution >= 4 is 16.8 Å². The molecule has 0 bridgehead atoms. The predicted molar refractivity (Wildman–Crippen MR) is 99.1 cm³/mol. The van der Waals surface area contributed by atoms with Crippen molar-refractivity contribution in [3.63, 3.8) is 0 Å². The molecule has 1 aromatic heterocycles. The summed E-state index contributed by atoms with van der Waals surface area (Å²) < 4.78 is 15.9. The maximum absolute atomic E-state index is 13.8. The lowest BCUT2D eigenvalue weighted by Gasteiger charge is -2.17. The molecule has 3 rings (SSSR count). The molecule has 0 aliphatic heterocycles. The molecule has 0 aliphatic carbocycles. The van der Waals surface area contributed by atoms with Crippen molar-refractivity contribution in [3.05, 3.63) is 71.7 Å². The first-order chi connectivity index (χ1) is 12.1. The van der Waals surface area contributed by atoms with Crippen LogP contribution >= 0.6 is 0 Å². The van der Waals surface area contributed by atoms with E-state index in [4.69, 9.17) is 0 Å². The van der Waals surface area contributed by atoms with Crippen LogP contribution in [0.3, 0.4) is 0 Å². The van der Waals surface area contributed by atoms with E-state index >= 15 is 0 Å². The number of amides is 1. The Kier molecular flexibility index (Phi) is 5.17. The molecule has 0 spiro atoms. The summed E-state index contributed by atoms with van der Waals surface area (Å²) in [5.74, 6) is -0.473. The van der Waals surface area contributed by atoms with Crippen LogP contribution in [0.15, 0.2) is 54.7 Å². The quantitative estimate of drug-likeness (QED) is 0.712. The third-order valence-corrected chi connectivity index (χ3v) is 4.52. The molecule has 0 aliphatic rings. The monoisotopic (exact) mass is 338 g/mol. The lowest BCUT2D eigenvalue weighted by molar-refractivity contribution is -0.121. The number of carbonyl (C=O) groups is 1. The van der Waals surface area contributed by atoms with E-state index < -0.39 is 0 Å². The lowest BCUT2D eigenvalue weighted by atomic mass is 9.88. The van der Waals surface area contributed by atoms with Crippen molar-refractivity contribution < 1.29 is 9.18 Å². The third kappa shape index (κ3) is 3.73. The average Bonchev–Trinajstić information content (AvgIpc) is 2.95. The average molecular weight is 338 g/mol. The maximum atomic E-state index is 13.8. The molecule has 0 radical (unpaired) electrons. The summed E-state index contributed by atoms with van der Waals surface area (Å²) in [6.07, 6.45) is 3.25. The van der Waals surface area contributed by atoms with Gasteiger partial charge in [0.1, 0.15) is 5.82 Å². The Morgan fingerprint density at radius 3 is 2.76 bits per heavy atom. The number of aromatic nitrogens is 1. The fraction of sp³-hybridized carbons (Fsp3) is 0.286. The minimum Gasteiger partial charge on any atom is -0.356 e. The second kappa shape index (κ2) is 7.51. The summed E-state index contributed by atoms with van der Waals surface area (Å²) in [6, 6.07) is 14.7. The van der Waals surface area contributed by atoms with Crippen LogP contribution in [0.4, 0.5) is 4.39 Å². The molecule has 1 amide bonds. The molecule has 130 valence electrons. The van der Waals surface area contributed by atoms with Crippen LogP contribution in [0.1, 0.15) is 36.8 Å². The smallest absolute Gasteiger partial charge is 0.220 e. The van der Waals surface area contributed by atoms with Gasteiger partial charge in [0, 0.05) is 43.0 Å². The van der Waals surface area contributed by atoms with Gasteiger partial charge >= 0.3 is 0 Å². The van der Waals surface area contributed by atoms with E-state index in [1.807, 2.05) is 38.4 Å². The minimum atomic E-state index is -0.281. The minimum absolute atomic E-state index is 0.0101. The fourth-order valence-corrected chi connectivity index (χ4v) is 3.30. The molecule has 1 N–H and O–H groups in total. The summed E-state index contributed by atoms with van der Waals surface area (Å²) >= 11 is 0. The van der Waals surface area contributed by atoms with Gasteiger partial charge in [-0.1, -0.05) is 37.3 Å². The van der Waals surface area contributed by atoms with Gasteiger partial charge in [0.15, 0.2) is 0 Å². The summed E-state index contributed by atoms with van der Waals surface area (Å²) in [5, 5.41) is 4.03. The number of para-hydroxylation sites is 1. The van der Waals surface area contributed by atoms with Gasteiger partial charge in [0.2, 0.25) is 5.91 Å². The predicted octanol–water partition coefficient (Wildman–Crippen LogP) is 4.37. The number of rotatable bonds is 6. The van der Waals surface area contributed by atoms with Gasteiger partial charge in [-0.15, -0.1) is 0 Å². The van der Waals surface area contributed by atoms with E-state index in [2.05, 4.69) is 22.0 Å². The van der Waals surface area contributed by atoms with Crippen LogP contribution in [-0.4, -0.2) is 17.0 Å². The molecule has 4 heteroatoms. The van der Waals surface area contributed by atoms with Crippen molar-refractivity contribution in [2.45, 2.75) is 25.7 Å². The van der Waals surface area contributed by atoms with Gasteiger partial charge in [0.25, 0.3) is 0 Å². The molecular formula is C21H23FN2O. The van der Waals surface area contributed by atoms with Crippen molar-refractivity contribution in [1.82, 2.24) is 9.88 Å². The molecule has 1 heterocycles. The van der Waals surface area contributed by atoms with Gasteiger partial charge in [-0.2, -0.15) is 0 Å². The van der Waals surface area contributed by atoms with Crippen LogP contribution < -0.4 is 5.32 Å². The summed E-state index contributed by atoms with van der Waals surface area (Å²) in [6.45, 7) is 2.68. The number of aryl methyl sites for hydroxylation is 1. The Morgan fingerprint density at radius 1 is 1.20 bits per heavy atom. The Balaban J connectivity index is 2.05. The van der Waals surface area contributed by atoms with Gasteiger partial charge in [-0.05, 0) is 35.7 Å². The first kappa shape index (κ1) is 17.2. The molecule has 3 nitrogen and oxygen atoms in total. The molecule has 0 saturated heterocycles. The highest BCUT2D eigenvalue weighted by Gasteiger charge is 2.22. The van der Waals surface area contributed by atoms with Crippen molar-refractivity contribution in [2.75, 3.05) is 6.54 Å². The second-order valence-corrected chi connectivity index (χ2v) is 6.37. The van der Waals surface area contributed by atoms with E-state index in [0.29, 0.717) is 13.0 Å². The van der Waals surface area contributed by atoms with Gasteiger partial charge in [0.05, 0.1) is 0 Å².